The molecule has 3 aromatic rings. The first-order valence-electron chi connectivity index (χ1n) is 9.97. The lowest BCUT2D eigenvalue weighted by atomic mass is 10.0. The van der Waals surface area contributed by atoms with Crippen molar-refractivity contribution in [2.75, 3.05) is 7.11 Å². The fraction of sp³-hybridized carbons (Fsp3) is 0.333. The molecule has 4 nitrogen and oxygen atoms in total. The third-order valence-corrected chi connectivity index (χ3v) is 4.96. The molecule has 3 rings (SSSR count). The third-order valence-electron chi connectivity index (χ3n) is 4.96. The summed E-state index contributed by atoms with van der Waals surface area (Å²) >= 11 is 0. The van der Waals surface area contributed by atoms with E-state index >= 15 is 0 Å². The maximum absolute atomic E-state index is 13.0. The minimum atomic E-state index is -0.0441. The number of ether oxygens (including phenoxy) is 1. The Labute approximate surface area is 166 Å². The summed E-state index contributed by atoms with van der Waals surface area (Å²) in [6, 6.07) is 17.6. The third kappa shape index (κ3) is 4.69. The van der Waals surface area contributed by atoms with Crippen molar-refractivity contribution in [2.24, 2.45) is 0 Å². The molecule has 2 aromatic carbocycles. The number of rotatable bonds is 8. The molecule has 1 heterocycles. The number of carbonyl (C=O) groups excluding carboxylic acids is 1. The maximum atomic E-state index is 13.0. The number of nitrogens with zero attached hydrogens (tertiary/aromatic N) is 1. The molecule has 0 radical (unpaired) electrons. The van der Waals surface area contributed by atoms with Crippen molar-refractivity contribution >= 4 is 16.8 Å². The molecular formula is C24H28N2O2. The van der Waals surface area contributed by atoms with Gasteiger partial charge in [-0.2, -0.15) is 0 Å². The summed E-state index contributed by atoms with van der Waals surface area (Å²) in [6.45, 7) is 4.26. The van der Waals surface area contributed by atoms with Gasteiger partial charge in [-0.15, -0.1) is 0 Å². The largest absolute Gasteiger partial charge is 0.497 e. The monoisotopic (exact) mass is 376 g/mol. The van der Waals surface area contributed by atoms with Crippen molar-refractivity contribution < 1.29 is 9.53 Å². The van der Waals surface area contributed by atoms with Crippen molar-refractivity contribution in [1.82, 2.24) is 10.3 Å². The molecule has 4 heteroatoms. The molecule has 0 saturated heterocycles. The molecule has 1 atom stereocenters. The van der Waals surface area contributed by atoms with Crippen LogP contribution < -0.4 is 10.1 Å². The van der Waals surface area contributed by atoms with E-state index in [2.05, 4.69) is 19.2 Å². The number of aromatic nitrogens is 1. The van der Waals surface area contributed by atoms with Crippen LogP contribution in [-0.4, -0.2) is 24.0 Å². The summed E-state index contributed by atoms with van der Waals surface area (Å²) in [4.78, 5) is 17.8. The molecule has 1 unspecified atom stereocenters. The lowest BCUT2D eigenvalue weighted by Crippen LogP contribution is -2.32. The molecule has 0 saturated carbocycles. The number of carbonyl (C=O) groups is 1. The number of fused-ring (bicyclic) bond motifs is 1. The fourth-order valence-corrected chi connectivity index (χ4v) is 3.35. The van der Waals surface area contributed by atoms with E-state index in [-0.39, 0.29) is 11.9 Å². The van der Waals surface area contributed by atoms with Gasteiger partial charge in [-0.05, 0) is 49.7 Å². The van der Waals surface area contributed by atoms with E-state index in [0.717, 1.165) is 40.8 Å². The lowest BCUT2D eigenvalue weighted by molar-refractivity contribution is 0.0939. The predicted octanol–water partition coefficient (Wildman–Crippen LogP) is 5.61. The summed E-state index contributed by atoms with van der Waals surface area (Å²) in [5.41, 5.74) is 3.22. The molecule has 1 amide bonds. The first kappa shape index (κ1) is 19.9. The Hall–Kier alpha value is -2.88. The topological polar surface area (TPSA) is 51.2 Å². The SMILES string of the molecule is CCCCCC(C)NC(=O)c1cc(-c2ccc(OC)cc2)nc2ccccc12. The van der Waals surface area contributed by atoms with E-state index in [0.29, 0.717) is 5.56 Å². The minimum Gasteiger partial charge on any atom is -0.497 e. The van der Waals surface area contributed by atoms with Crippen molar-refractivity contribution in [3.63, 3.8) is 0 Å². The molecule has 0 spiro atoms. The smallest absolute Gasteiger partial charge is 0.252 e. The summed E-state index contributed by atoms with van der Waals surface area (Å²) in [5.74, 6) is 0.751. The second kappa shape index (κ2) is 9.36. The van der Waals surface area contributed by atoms with E-state index in [9.17, 15) is 4.79 Å². The van der Waals surface area contributed by atoms with Gasteiger partial charge in [0, 0.05) is 17.0 Å². The van der Waals surface area contributed by atoms with Crippen LogP contribution in [0.5, 0.6) is 5.75 Å². The number of hydrogen-bond acceptors (Lipinski definition) is 3. The lowest BCUT2D eigenvalue weighted by Gasteiger charge is -2.15. The van der Waals surface area contributed by atoms with Gasteiger partial charge < -0.3 is 10.1 Å². The summed E-state index contributed by atoms with van der Waals surface area (Å²) < 4.78 is 5.24. The van der Waals surface area contributed by atoms with Gasteiger partial charge in [0.2, 0.25) is 0 Å². The predicted molar refractivity (Wildman–Crippen MR) is 115 cm³/mol. The molecule has 28 heavy (non-hydrogen) atoms. The maximum Gasteiger partial charge on any atom is 0.252 e. The Morgan fingerprint density at radius 1 is 1.11 bits per heavy atom. The highest BCUT2D eigenvalue weighted by Crippen LogP contribution is 2.26. The fourth-order valence-electron chi connectivity index (χ4n) is 3.35. The van der Waals surface area contributed by atoms with E-state index in [4.69, 9.17) is 9.72 Å². The Balaban J connectivity index is 1.92. The highest BCUT2D eigenvalue weighted by atomic mass is 16.5. The Morgan fingerprint density at radius 3 is 2.57 bits per heavy atom. The Bertz CT molecular complexity index is 935. The molecule has 0 bridgehead atoms. The van der Waals surface area contributed by atoms with Crippen LogP contribution in [0.3, 0.4) is 0 Å². The molecular weight excluding hydrogens is 348 g/mol. The van der Waals surface area contributed by atoms with Crippen LogP contribution in [0.15, 0.2) is 54.6 Å². The number of benzene rings is 2. The summed E-state index contributed by atoms with van der Waals surface area (Å²) in [5, 5.41) is 4.03. The zero-order valence-electron chi connectivity index (χ0n) is 16.9. The highest BCUT2D eigenvalue weighted by Gasteiger charge is 2.15. The van der Waals surface area contributed by atoms with Gasteiger partial charge in [0.15, 0.2) is 0 Å². The van der Waals surface area contributed by atoms with Crippen LogP contribution in [0.2, 0.25) is 0 Å². The van der Waals surface area contributed by atoms with Crippen LogP contribution in [0.25, 0.3) is 22.2 Å². The van der Waals surface area contributed by atoms with Gasteiger partial charge in [0.1, 0.15) is 5.75 Å². The second-order valence-electron chi connectivity index (χ2n) is 7.17. The van der Waals surface area contributed by atoms with Crippen LogP contribution in [-0.2, 0) is 0 Å². The van der Waals surface area contributed by atoms with Gasteiger partial charge in [-0.3, -0.25) is 4.79 Å². The first-order chi connectivity index (χ1) is 13.6. The van der Waals surface area contributed by atoms with Crippen LogP contribution in [0, 0.1) is 0 Å². The average Bonchev–Trinajstić information content (AvgIpc) is 2.73. The highest BCUT2D eigenvalue weighted by molar-refractivity contribution is 6.07. The standard InChI is InChI=1S/C24H28N2O2/c1-4-5-6-9-17(2)25-24(27)21-16-23(18-12-14-19(28-3)15-13-18)26-22-11-8-7-10-20(21)22/h7-8,10-17H,4-6,9H2,1-3H3,(H,25,27). The summed E-state index contributed by atoms with van der Waals surface area (Å²) in [6.07, 6.45) is 4.50. The van der Waals surface area contributed by atoms with Crippen LogP contribution in [0.4, 0.5) is 0 Å². The van der Waals surface area contributed by atoms with Gasteiger partial charge in [0.25, 0.3) is 5.91 Å². The van der Waals surface area contributed by atoms with Crippen molar-refractivity contribution in [3.8, 4) is 17.0 Å². The molecule has 0 aliphatic carbocycles. The van der Waals surface area contributed by atoms with Gasteiger partial charge >= 0.3 is 0 Å². The van der Waals surface area contributed by atoms with Crippen molar-refractivity contribution in [2.45, 2.75) is 45.6 Å². The van der Waals surface area contributed by atoms with Crippen molar-refractivity contribution in [1.29, 1.82) is 0 Å². The van der Waals surface area contributed by atoms with Gasteiger partial charge in [-0.1, -0.05) is 44.4 Å². The Morgan fingerprint density at radius 2 is 1.86 bits per heavy atom. The van der Waals surface area contributed by atoms with Gasteiger partial charge in [0.05, 0.1) is 23.9 Å². The molecule has 0 aliphatic rings. The molecule has 1 aromatic heterocycles. The quantitative estimate of drug-likeness (QED) is 0.520. The molecule has 146 valence electrons. The van der Waals surface area contributed by atoms with E-state index < -0.39 is 0 Å². The number of hydrogen-bond donors (Lipinski definition) is 1. The number of methoxy groups -OCH3 is 1. The van der Waals surface area contributed by atoms with Crippen molar-refractivity contribution in [3.05, 3.63) is 60.2 Å². The average molecular weight is 377 g/mol. The van der Waals surface area contributed by atoms with Crippen LogP contribution in [0.1, 0.15) is 49.9 Å². The molecule has 1 N–H and O–H groups in total. The Kier molecular flexibility index (Phi) is 6.64. The number of nitrogens with one attached hydrogen (secondary N) is 1. The second-order valence-corrected chi connectivity index (χ2v) is 7.17. The molecule has 0 fully saturated rings. The minimum absolute atomic E-state index is 0.0441. The summed E-state index contributed by atoms with van der Waals surface area (Å²) in [7, 11) is 1.65. The number of pyridine rings is 1. The zero-order valence-corrected chi connectivity index (χ0v) is 16.9. The van der Waals surface area contributed by atoms with E-state index in [1.54, 1.807) is 7.11 Å². The number of amides is 1. The van der Waals surface area contributed by atoms with Crippen LogP contribution >= 0.6 is 0 Å². The zero-order chi connectivity index (χ0) is 19.9. The molecule has 0 aliphatic heterocycles. The van der Waals surface area contributed by atoms with Gasteiger partial charge in [-0.25, -0.2) is 4.98 Å². The number of para-hydroxylation sites is 1. The number of unbranched alkanes of at least 4 members (excludes halogenated alkanes) is 2. The first-order valence-corrected chi connectivity index (χ1v) is 9.97. The normalized spacial score (nSPS) is 12.0. The van der Waals surface area contributed by atoms with E-state index in [1.165, 1.54) is 12.8 Å². The van der Waals surface area contributed by atoms with E-state index in [1.807, 2.05) is 54.6 Å².